The van der Waals surface area contributed by atoms with Gasteiger partial charge in [-0.15, -0.1) is 0 Å². The van der Waals surface area contributed by atoms with E-state index >= 15 is 0 Å². The summed E-state index contributed by atoms with van der Waals surface area (Å²) >= 11 is 0. The molecule has 0 aliphatic rings. The van der Waals surface area contributed by atoms with Gasteiger partial charge in [-0.2, -0.15) is 4.98 Å². The van der Waals surface area contributed by atoms with Crippen LogP contribution in [0.2, 0.25) is 0 Å². The molecular formula is C6H6N4O. The zero-order chi connectivity index (χ0) is 7.84. The van der Waals surface area contributed by atoms with Crippen molar-refractivity contribution in [3.63, 3.8) is 0 Å². The van der Waals surface area contributed by atoms with Gasteiger partial charge in [0.25, 0.3) is 6.01 Å². The summed E-state index contributed by atoms with van der Waals surface area (Å²) in [5.41, 5.74) is 12.3. The fraction of sp³-hybridized carbons (Fsp3) is 0. The molecule has 0 saturated heterocycles. The van der Waals surface area contributed by atoms with Crippen LogP contribution in [0.3, 0.4) is 0 Å². The number of nitrogens with zero attached hydrogens (tertiary/aromatic N) is 2. The average Bonchev–Trinajstić information content (AvgIpc) is 2.27. The van der Waals surface area contributed by atoms with Gasteiger partial charge >= 0.3 is 0 Å². The second kappa shape index (κ2) is 1.85. The van der Waals surface area contributed by atoms with Crippen LogP contribution < -0.4 is 11.5 Å². The Morgan fingerprint density at radius 2 is 2.18 bits per heavy atom. The summed E-state index contributed by atoms with van der Waals surface area (Å²) in [4.78, 5) is 7.69. The summed E-state index contributed by atoms with van der Waals surface area (Å²) in [7, 11) is 0. The molecule has 0 spiro atoms. The van der Waals surface area contributed by atoms with Gasteiger partial charge in [-0.25, -0.2) is 4.98 Å². The predicted octanol–water partition coefficient (Wildman–Crippen LogP) is 0.387. The zero-order valence-electron chi connectivity index (χ0n) is 5.61. The Balaban J connectivity index is 2.82. The van der Waals surface area contributed by atoms with E-state index in [9.17, 15) is 0 Å². The Morgan fingerprint density at radius 3 is 3.00 bits per heavy atom. The monoisotopic (exact) mass is 150 g/mol. The van der Waals surface area contributed by atoms with Gasteiger partial charge in [-0.1, -0.05) is 0 Å². The van der Waals surface area contributed by atoms with Crippen LogP contribution in [0.15, 0.2) is 16.7 Å². The fourth-order valence-corrected chi connectivity index (χ4v) is 0.851. The van der Waals surface area contributed by atoms with Crippen molar-refractivity contribution in [2.24, 2.45) is 0 Å². The number of hydrogen-bond acceptors (Lipinski definition) is 5. The van der Waals surface area contributed by atoms with Crippen LogP contribution >= 0.6 is 0 Å². The van der Waals surface area contributed by atoms with Crippen LogP contribution in [0.1, 0.15) is 0 Å². The minimum atomic E-state index is 0.109. The molecule has 11 heavy (non-hydrogen) atoms. The van der Waals surface area contributed by atoms with E-state index in [1.807, 2.05) is 0 Å². The summed E-state index contributed by atoms with van der Waals surface area (Å²) < 4.78 is 4.97. The van der Waals surface area contributed by atoms with Crippen molar-refractivity contribution in [2.45, 2.75) is 0 Å². The molecule has 0 aromatic carbocycles. The Kier molecular flexibility index (Phi) is 1.00. The van der Waals surface area contributed by atoms with Crippen molar-refractivity contribution in [1.29, 1.82) is 0 Å². The van der Waals surface area contributed by atoms with E-state index in [0.717, 1.165) is 0 Å². The third-order valence-corrected chi connectivity index (χ3v) is 1.28. The molecule has 2 heterocycles. The molecule has 0 unspecified atom stereocenters. The minimum absolute atomic E-state index is 0.109. The SMILES string of the molecule is Nc1cnc2nc(N)oc2c1. The molecule has 0 fully saturated rings. The number of rotatable bonds is 0. The van der Waals surface area contributed by atoms with E-state index < -0.39 is 0 Å². The summed E-state index contributed by atoms with van der Waals surface area (Å²) in [6.07, 6.45) is 1.50. The number of anilines is 2. The molecule has 56 valence electrons. The van der Waals surface area contributed by atoms with Crippen molar-refractivity contribution in [2.75, 3.05) is 11.5 Å². The molecule has 0 amide bonds. The highest BCUT2D eigenvalue weighted by atomic mass is 16.4. The van der Waals surface area contributed by atoms with Crippen molar-refractivity contribution in [1.82, 2.24) is 9.97 Å². The molecule has 2 rings (SSSR count). The largest absolute Gasteiger partial charge is 0.422 e. The Bertz CT molecular complexity index is 394. The van der Waals surface area contributed by atoms with Crippen LogP contribution in [0.4, 0.5) is 11.7 Å². The Morgan fingerprint density at radius 1 is 1.36 bits per heavy atom. The van der Waals surface area contributed by atoms with Gasteiger partial charge in [0.1, 0.15) is 0 Å². The molecule has 4 N–H and O–H groups in total. The van der Waals surface area contributed by atoms with Gasteiger partial charge in [0.2, 0.25) is 5.65 Å². The van der Waals surface area contributed by atoms with Gasteiger partial charge in [-0.05, 0) is 0 Å². The molecule has 0 radical (unpaired) electrons. The average molecular weight is 150 g/mol. The van der Waals surface area contributed by atoms with Crippen LogP contribution in [-0.2, 0) is 0 Å². The number of pyridine rings is 1. The molecule has 2 aromatic rings. The summed E-state index contributed by atoms with van der Waals surface area (Å²) in [6.45, 7) is 0. The third kappa shape index (κ3) is 0.861. The van der Waals surface area contributed by atoms with Crippen molar-refractivity contribution in [3.05, 3.63) is 12.3 Å². The molecule has 0 aliphatic carbocycles. The smallest absolute Gasteiger partial charge is 0.294 e. The maximum Gasteiger partial charge on any atom is 0.294 e. The van der Waals surface area contributed by atoms with E-state index in [1.165, 1.54) is 6.20 Å². The fourth-order valence-electron chi connectivity index (χ4n) is 0.851. The topological polar surface area (TPSA) is 91.0 Å². The van der Waals surface area contributed by atoms with Crippen LogP contribution in [-0.4, -0.2) is 9.97 Å². The second-order valence-electron chi connectivity index (χ2n) is 2.14. The number of nitrogen functional groups attached to an aromatic ring is 2. The van der Waals surface area contributed by atoms with E-state index in [-0.39, 0.29) is 6.01 Å². The summed E-state index contributed by atoms with van der Waals surface area (Å²) in [5, 5.41) is 0. The number of fused-ring (bicyclic) bond motifs is 1. The molecule has 0 bridgehead atoms. The van der Waals surface area contributed by atoms with Crippen molar-refractivity contribution < 1.29 is 4.42 Å². The van der Waals surface area contributed by atoms with E-state index in [0.29, 0.717) is 16.9 Å². The van der Waals surface area contributed by atoms with E-state index in [4.69, 9.17) is 15.9 Å². The molecule has 5 heteroatoms. The van der Waals surface area contributed by atoms with Gasteiger partial charge in [0.15, 0.2) is 5.58 Å². The lowest BCUT2D eigenvalue weighted by Crippen LogP contribution is -1.85. The van der Waals surface area contributed by atoms with Gasteiger partial charge in [0.05, 0.1) is 11.9 Å². The standard InChI is InChI=1S/C6H6N4O/c7-3-1-4-5(9-2-3)10-6(8)11-4/h1-2H,7H2,(H2,8,9,10). The highest BCUT2D eigenvalue weighted by Crippen LogP contribution is 2.16. The quantitative estimate of drug-likeness (QED) is 0.566. The first-order valence-electron chi connectivity index (χ1n) is 3.03. The van der Waals surface area contributed by atoms with E-state index in [2.05, 4.69) is 9.97 Å². The van der Waals surface area contributed by atoms with Gasteiger partial charge in [0, 0.05) is 6.07 Å². The lowest BCUT2D eigenvalue weighted by molar-refractivity contribution is 0.626. The second-order valence-corrected chi connectivity index (χ2v) is 2.14. The molecule has 0 aliphatic heterocycles. The Labute approximate surface area is 62.0 Å². The summed E-state index contributed by atoms with van der Waals surface area (Å²) in [6, 6.07) is 1.74. The van der Waals surface area contributed by atoms with Gasteiger partial charge < -0.3 is 15.9 Å². The highest BCUT2D eigenvalue weighted by molar-refractivity contribution is 5.72. The highest BCUT2D eigenvalue weighted by Gasteiger charge is 2.02. The van der Waals surface area contributed by atoms with Crippen molar-refractivity contribution in [3.8, 4) is 0 Å². The third-order valence-electron chi connectivity index (χ3n) is 1.28. The number of nitrogens with two attached hydrogens (primary N) is 2. The lowest BCUT2D eigenvalue weighted by atomic mass is 10.4. The van der Waals surface area contributed by atoms with E-state index in [1.54, 1.807) is 6.07 Å². The maximum absolute atomic E-state index is 5.44. The van der Waals surface area contributed by atoms with Crippen LogP contribution in [0, 0.1) is 0 Å². The molecule has 5 nitrogen and oxygen atoms in total. The normalized spacial score (nSPS) is 10.5. The number of hydrogen-bond donors (Lipinski definition) is 2. The minimum Gasteiger partial charge on any atom is -0.422 e. The van der Waals surface area contributed by atoms with Gasteiger partial charge in [-0.3, -0.25) is 0 Å². The first-order valence-corrected chi connectivity index (χ1v) is 3.03. The molecule has 0 atom stereocenters. The van der Waals surface area contributed by atoms with Crippen molar-refractivity contribution >= 4 is 22.9 Å². The maximum atomic E-state index is 5.44. The lowest BCUT2D eigenvalue weighted by Gasteiger charge is -1.87. The Hall–Kier alpha value is -1.78. The molecule has 2 aromatic heterocycles. The first kappa shape index (κ1) is 5.96. The predicted molar refractivity (Wildman–Crippen MR) is 40.6 cm³/mol. The first-order chi connectivity index (χ1) is 5.25. The number of aromatic nitrogens is 2. The molecular weight excluding hydrogens is 144 g/mol. The molecule has 0 saturated carbocycles. The van der Waals surface area contributed by atoms with Crippen LogP contribution in [0.5, 0.6) is 0 Å². The number of oxazole rings is 1. The summed E-state index contributed by atoms with van der Waals surface area (Å²) in [5.74, 6) is 0. The van der Waals surface area contributed by atoms with Crippen LogP contribution in [0.25, 0.3) is 11.2 Å². The zero-order valence-corrected chi connectivity index (χ0v) is 5.61.